The number of H-pyrrole nitrogens is 1. The van der Waals surface area contributed by atoms with Gasteiger partial charge < -0.3 is 57.1 Å². The van der Waals surface area contributed by atoms with Gasteiger partial charge in [0.1, 0.15) is 23.8 Å². The van der Waals surface area contributed by atoms with E-state index in [0.29, 0.717) is 38.3 Å². The molecule has 0 radical (unpaired) electrons. The van der Waals surface area contributed by atoms with Crippen molar-refractivity contribution in [3.05, 3.63) is 42.2 Å². The molecule has 0 saturated carbocycles. The molecule has 0 unspecified atom stereocenters. The van der Waals surface area contributed by atoms with E-state index in [1.165, 1.54) is 4.90 Å². The molecule has 2 aliphatic heterocycles. The van der Waals surface area contributed by atoms with Crippen molar-refractivity contribution in [1.29, 1.82) is 0 Å². The first-order valence-corrected chi connectivity index (χ1v) is 14.4. The number of carbonyl (C=O) groups is 3. The normalized spacial score (nSPS) is 15.3. The van der Waals surface area contributed by atoms with E-state index in [2.05, 4.69) is 10.3 Å². The number of carbonyl (C=O) groups excluding carboxylic acids is 3. The summed E-state index contributed by atoms with van der Waals surface area (Å²) in [7, 11) is 1.67. The Balaban J connectivity index is 0.00000308. The van der Waals surface area contributed by atoms with Crippen molar-refractivity contribution in [2.75, 3.05) is 39.8 Å². The fourth-order valence-corrected chi connectivity index (χ4v) is 5.34. The lowest BCUT2D eigenvalue weighted by Gasteiger charge is -2.31. The largest absolute Gasteiger partial charge is 1.00 e. The molecule has 1 fully saturated rings. The zero-order valence-electron chi connectivity index (χ0n) is 25.1. The van der Waals surface area contributed by atoms with E-state index in [0.717, 1.165) is 72.7 Å². The second-order valence-corrected chi connectivity index (χ2v) is 10.6. The van der Waals surface area contributed by atoms with Gasteiger partial charge in [0, 0.05) is 25.8 Å². The zero-order chi connectivity index (χ0) is 28.5. The number of nitrogens with zero attached hydrogens (tertiary/aromatic N) is 2. The lowest BCUT2D eigenvalue weighted by molar-refractivity contribution is -0.896. The predicted octanol–water partition coefficient (Wildman–Crippen LogP) is -8.89. The van der Waals surface area contributed by atoms with Crippen molar-refractivity contribution in [3.63, 3.8) is 0 Å². The number of nitrogens with one attached hydrogen (secondary N) is 3. The molecule has 1 atom stereocenters. The number of quaternary nitrogens is 2. The molecule has 0 aliphatic carbocycles. The molecule has 1 aromatic carbocycles. The van der Waals surface area contributed by atoms with Crippen LogP contribution in [0.5, 0.6) is 5.75 Å². The van der Waals surface area contributed by atoms with Gasteiger partial charge in [0.15, 0.2) is 6.54 Å². The summed E-state index contributed by atoms with van der Waals surface area (Å²) in [6.45, 7) is 6.75. The third-order valence-electron chi connectivity index (χ3n) is 7.79. The van der Waals surface area contributed by atoms with Gasteiger partial charge >= 0.3 is 0 Å². The van der Waals surface area contributed by atoms with E-state index in [1.807, 2.05) is 53.7 Å². The zero-order valence-corrected chi connectivity index (χ0v) is 27.3. The molecule has 43 heavy (non-hydrogen) atoms. The fraction of sp³-hybridized carbons (Fsp3) is 0.500. The molecule has 0 bridgehead atoms. The Labute approximate surface area is 272 Å². The lowest BCUT2D eigenvalue weighted by atomic mass is 10.0. The van der Waals surface area contributed by atoms with Gasteiger partial charge in [0.2, 0.25) is 23.0 Å². The number of ketones is 1. The summed E-state index contributed by atoms with van der Waals surface area (Å²) in [4.78, 5) is 47.7. The van der Waals surface area contributed by atoms with Crippen LogP contribution in [0.2, 0.25) is 0 Å². The highest BCUT2D eigenvalue weighted by molar-refractivity contribution is 5.90. The lowest BCUT2D eigenvalue weighted by Crippen LogP contribution is -3.16. The van der Waals surface area contributed by atoms with E-state index >= 15 is 0 Å². The number of fused-ring (bicyclic) bond motifs is 1. The Bertz CT molecular complexity index is 1300. The number of ether oxygens (including phenoxy) is 1. The molecule has 0 spiro atoms. The number of rotatable bonds is 13. The number of piperazine rings is 1. The van der Waals surface area contributed by atoms with Crippen LogP contribution in [0, 0.1) is 0 Å². The Hall–Kier alpha value is -2.76. The number of hydrogen-bond acceptors (Lipinski definition) is 5. The first-order chi connectivity index (χ1) is 19.4. The third-order valence-corrected chi connectivity index (χ3v) is 7.79. The number of amidine groups is 1. The van der Waals surface area contributed by atoms with Crippen LogP contribution in [-0.4, -0.2) is 74.2 Å². The minimum absolute atomic E-state index is 0. The maximum Gasteiger partial charge on any atom is 0.275 e. The monoisotopic (exact) mass is 656 g/mol. The maximum absolute atomic E-state index is 13.1. The molecule has 238 valence electrons. The molecule has 2 aromatic rings. The van der Waals surface area contributed by atoms with Crippen molar-refractivity contribution in [2.45, 2.75) is 58.4 Å². The molecule has 1 saturated heterocycles. The molecular formula is C30H43Cl3N6O4. The smallest absolute Gasteiger partial charge is 0.275 e. The highest BCUT2D eigenvalue weighted by Crippen LogP contribution is 2.24. The van der Waals surface area contributed by atoms with Gasteiger partial charge in [0.05, 0.1) is 44.7 Å². The number of halogens is 3. The SMILES string of the molecule is CCC(=O)CCCCC[C@H](NC(=O)C[NH+]1CCN(C(C)=O)CC1)C1=NC=C(c2cc(OC)c3ccccc3[nH+]2)[NH2+]1.[Cl-].[Cl-].[Cl-]. The summed E-state index contributed by atoms with van der Waals surface area (Å²) in [6, 6.07) is 9.76. The van der Waals surface area contributed by atoms with Gasteiger partial charge in [-0.1, -0.05) is 31.9 Å². The summed E-state index contributed by atoms with van der Waals surface area (Å²) in [6.07, 6.45) is 6.47. The van der Waals surface area contributed by atoms with Gasteiger partial charge in [-0.05, 0) is 18.9 Å². The Kier molecular flexibility index (Phi) is 16.7. The van der Waals surface area contributed by atoms with Crippen LogP contribution in [0.15, 0.2) is 41.5 Å². The summed E-state index contributed by atoms with van der Waals surface area (Å²) in [5.74, 6) is 1.97. The van der Waals surface area contributed by atoms with Crippen LogP contribution in [0.4, 0.5) is 0 Å². The highest BCUT2D eigenvalue weighted by atomic mass is 35.5. The Morgan fingerprint density at radius 3 is 2.51 bits per heavy atom. The molecule has 2 amide bonds. The van der Waals surface area contributed by atoms with Crippen molar-refractivity contribution in [3.8, 4) is 5.75 Å². The molecule has 4 rings (SSSR count). The summed E-state index contributed by atoms with van der Waals surface area (Å²) < 4.78 is 5.64. The van der Waals surface area contributed by atoms with Gasteiger partial charge in [0.25, 0.3) is 11.6 Å². The third kappa shape index (κ3) is 10.7. The van der Waals surface area contributed by atoms with Crippen molar-refractivity contribution < 1.29 is 71.5 Å². The number of Topliss-reactive ketones (excluding diaryl/α,β-unsaturated/α-hetero) is 1. The van der Waals surface area contributed by atoms with Crippen molar-refractivity contribution >= 4 is 40.0 Å². The molecule has 5 N–H and O–H groups in total. The van der Waals surface area contributed by atoms with Crippen LogP contribution in [0.25, 0.3) is 16.6 Å². The number of aromatic nitrogens is 1. The Morgan fingerprint density at radius 2 is 1.84 bits per heavy atom. The van der Waals surface area contributed by atoms with E-state index < -0.39 is 0 Å². The number of aliphatic imine (C=N–C) groups is 1. The summed E-state index contributed by atoms with van der Waals surface area (Å²) in [5, 5.41) is 6.28. The number of unbranched alkanes of at least 4 members (excludes halogenated alkanes) is 2. The highest BCUT2D eigenvalue weighted by Gasteiger charge is 2.32. The van der Waals surface area contributed by atoms with E-state index in [-0.39, 0.29) is 55.1 Å². The predicted molar refractivity (Wildman–Crippen MR) is 153 cm³/mol. The maximum atomic E-state index is 13.1. The van der Waals surface area contributed by atoms with Crippen molar-refractivity contribution in [1.82, 2.24) is 10.2 Å². The fourth-order valence-electron chi connectivity index (χ4n) is 5.34. The topological polar surface area (TPSA) is 123 Å². The quantitative estimate of drug-likeness (QED) is 0.185. The van der Waals surface area contributed by atoms with Gasteiger partial charge in [-0.25, -0.2) is 4.99 Å². The van der Waals surface area contributed by atoms with Crippen LogP contribution in [-0.2, 0) is 14.4 Å². The number of para-hydroxylation sites is 1. The molecule has 2 aliphatic rings. The average molecular weight is 658 g/mol. The first kappa shape index (κ1) is 38.3. The molecule has 3 heterocycles. The number of benzene rings is 1. The minimum atomic E-state index is -0.219. The number of hydrogen-bond donors (Lipinski definition) is 3. The van der Waals surface area contributed by atoms with Crippen LogP contribution in [0.3, 0.4) is 0 Å². The summed E-state index contributed by atoms with van der Waals surface area (Å²) in [5.41, 5.74) is 2.79. The number of methoxy groups -OCH3 is 1. The first-order valence-electron chi connectivity index (χ1n) is 14.4. The second kappa shape index (κ2) is 18.8. The molecule has 13 heteroatoms. The minimum Gasteiger partial charge on any atom is -1.00 e. The van der Waals surface area contributed by atoms with Crippen molar-refractivity contribution in [2.24, 2.45) is 4.99 Å². The van der Waals surface area contributed by atoms with Crippen LogP contribution >= 0.6 is 0 Å². The van der Waals surface area contributed by atoms with Gasteiger partial charge in [-0.3, -0.25) is 19.7 Å². The number of amides is 2. The molecule has 1 aromatic heterocycles. The Morgan fingerprint density at radius 1 is 1.12 bits per heavy atom. The van der Waals surface area contributed by atoms with Gasteiger partial charge in [-0.15, -0.1) is 0 Å². The number of aromatic amines is 1. The second-order valence-electron chi connectivity index (χ2n) is 10.6. The van der Waals surface area contributed by atoms with E-state index in [1.54, 1.807) is 14.0 Å². The van der Waals surface area contributed by atoms with Crippen LogP contribution < -0.4 is 62.5 Å². The molecule has 10 nitrogen and oxygen atoms in total. The summed E-state index contributed by atoms with van der Waals surface area (Å²) >= 11 is 0. The van der Waals surface area contributed by atoms with E-state index in [9.17, 15) is 14.4 Å². The average Bonchev–Trinajstić information content (AvgIpc) is 3.46. The number of pyridine rings is 1. The van der Waals surface area contributed by atoms with E-state index in [4.69, 9.17) is 9.73 Å². The van der Waals surface area contributed by atoms with Gasteiger partial charge in [-0.2, -0.15) is 4.98 Å². The number of nitrogens with two attached hydrogens (primary N) is 1. The van der Waals surface area contributed by atoms with Crippen LogP contribution in [0.1, 0.15) is 58.1 Å². The molecular weight excluding hydrogens is 615 g/mol. The standard InChI is InChI=1S/C30H40N6O4.3ClH/c1-4-22(38)10-6-5-7-13-25(33-29(39)20-35-14-16-36(17-15-35)21(2)37)30-31-19-27(34-30)26-18-28(40-3)23-11-8-9-12-24(23)32-26;;;/h8-9,11-12,18-19,25H,4-7,10,13-17,20H2,1-3H3,(H,31,34)(H,33,39);3*1H/t25-;;;/m0.../s1.